The maximum absolute atomic E-state index is 5.72. The predicted octanol–water partition coefficient (Wildman–Crippen LogP) is 2.77. The molecule has 0 saturated heterocycles. The topological polar surface area (TPSA) is 39.1 Å². The molecule has 0 saturated carbocycles. The van der Waals surface area contributed by atoms with E-state index in [-0.39, 0.29) is 0 Å². The number of hydrogen-bond acceptors (Lipinski definition) is 3. The average molecular weight is 273 g/mol. The van der Waals surface area contributed by atoms with Crippen LogP contribution in [0.25, 0.3) is 0 Å². The lowest BCUT2D eigenvalue weighted by Gasteiger charge is -2.09. The quantitative estimate of drug-likeness (QED) is 0.843. The fourth-order valence-corrected chi connectivity index (χ4v) is 1.87. The standard InChI is InChI=1S/C16H23N3O/c1-13(2)17-11-15-4-6-16(7-5-15)20-9-8-19-12-14(3)10-18-19/h4-7,10,12-13,17H,8-9,11H2,1-3H3. The molecule has 108 valence electrons. The molecule has 0 spiro atoms. The van der Waals surface area contributed by atoms with Crippen LogP contribution in [0, 0.1) is 6.92 Å². The third-order valence-electron chi connectivity index (χ3n) is 2.99. The first-order valence-corrected chi connectivity index (χ1v) is 7.07. The highest BCUT2D eigenvalue weighted by molar-refractivity contribution is 5.27. The van der Waals surface area contributed by atoms with Crippen LogP contribution in [-0.2, 0) is 13.1 Å². The minimum absolute atomic E-state index is 0.503. The predicted molar refractivity (Wildman–Crippen MR) is 80.9 cm³/mol. The van der Waals surface area contributed by atoms with Gasteiger partial charge >= 0.3 is 0 Å². The molecule has 0 amide bonds. The lowest BCUT2D eigenvalue weighted by Crippen LogP contribution is -2.21. The first-order chi connectivity index (χ1) is 9.63. The minimum atomic E-state index is 0.503. The fourth-order valence-electron chi connectivity index (χ4n) is 1.87. The van der Waals surface area contributed by atoms with Crippen LogP contribution in [-0.4, -0.2) is 22.4 Å². The molecular weight excluding hydrogens is 250 g/mol. The Balaban J connectivity index is 1.76. The number of hydrogen-bond donors (Lipinski definition) is 1. The van der Waals surface area contributed by atoms with Gasteiger partial charge in [-0.1, -0.05) is 26.0 Å². The van der Waals surface area contributed by atoms with Gasteiger partial charge in [-0.15, -0.1) is 0 Å². The number of nitrogens with zero attached hydrogens (tertiary/aromatic N) is 2. The van der Waals surface area contributed by atoms with E-state index in [0.717, 1.165) is 18.8 Å². The molecule has 0 fully saturated rings. The largest absolute Gasteiger partial charge is 0.492 e. The Labute approximate surface area is 120 Å². The van der Waals surface area contributed by atoms with Gasteiger partial charge in [-0.25, -0.2) is 0 Å². The van der Waals surface area contributed by atoms with Crippen LogP contribution in [0.15, 0.2) is 36.7 Å². The van der Waals surface area contributed by atoms with E-state index in [1.807, 2.05) is 36.1 Å². The Bertz CT molecular complexity index is 517. The molecule has 1 heterocycles. The molecular formula is C16H23N3O. The number of ether oxygens (including phenoxy) is 1. The molecule has 4 nitrogen and oxygen atoms in total. The Kier molecular flexibility index (Phi) is 5.18. The van der Waals surface area contributed by atoms with Gasteiger partial charge in [0, 0.05) is 18.8 Å². The van der Waals surface area contributed by atoms with Gasteiger partial charge in [0.15, 0.2) is 0 Å². The van der Waals surface area contributed by atoms with Crippen molar-refractivity contribution in [3.05, 3.63) is 47.8 Å². The van der Waals surface area contributed by atoms with Gasteiger partial charge in [-0.2, -0.15) is 5.10 Å². The normalized spacial score (nSPS) is 11.0. The van der Waals surface area contributed by atoms with Crippen LogP contribution in [0.1, 0.15) is 25.0 Å². The van der Waals surface area contributed by atoms with Crippen molar-refractivity contribution in [2.45, 2.75) is 39.9 Å². The Morgan fingerprint density at radius 3 is 2.60 bits per heavy atom. The smallest absolute Gasteiger partial charge is 0.119 e. The number of rotatable bonds is 7. The molecule has 4 heteroatoms. The summed E-state index contributed by atoms with van der Waals surface area (Å²) in [5.74, 6) is 0.905. The van der Waals surface area contributed by atoms with Crippen molar-refractivity contribution < 1.29 is 4.74 Å². The zero-order chi connectivity index (χ0) is 14.4. The first kappa shape index (κ1) is 14.6. The number of benzene rings is 1. The minimum Gasteiger partial charge on any atom is -0.492 e. The van der Waals surface area contributed by atoms with Gasteiger partial charge in [-0.3, -0.25) is 4.68 Å². The van der Waals surface area contributed by atoms with Gasteiger partial charge in [0.1, 0.15) is 12.4 Å². The lowest BCUT2D eigenvalue weighted by molar-refractivity contribution is 0.291. The van der Waals surface area contributed by atoms with E-state index < -0.39 is 0 Å². The molecule has 0 aliphatic heterocycles. The van der Waals surface area contributed by atoms with Crippen molar-refractivity contribution in [2.24, 2.45) is 0 Å². The van der Waals surface area contributed by atoms with E-state index in [9.17, 15) is 0 Å². The molecule has 0 aliphatic rings. The molecule has 1 N–H and O–H groups in total. The SMILES string of the molecule is Cc1cnn(CCOc2ccc(CNC(C)C)cc2)c1. The van der Waals surface area contributed by atoms with E-state index >= 15 is 0 Å². The number of aryl methyl sites for hydroxylation is 1. The monoisotopic (exact) mass is 273 g/mol. The van der Waals surface area contributed by atoms with Gasteiger partial charge in [-0.05, 0) is 30.2 Å². The molecule has 20 heavy (non-hydrogen) atoms. The summed E-state index contributed by atoms with van der Waals surface area (Å²) >= 11 is 0. The van der Waals surface area contributed by atoms with Crippen molar-refractivity contribution in [3.8, 4) is 5.75 Å². The van der Waals surface area contributed by atoms with Crippen LogP contribution in [0.3, 0.4) is 0 Å². The molecule has 1 aromatic carbocycles. The van der Waals surface area contributed by atoms with Crippen molar-refractivity contribution in [2.75, 3.05) is 6.61 Å². The van der Waals surface area contributed by atoms with Crippen LogP contribution in [0.2, 0.25) is 0 Å². The van der Waals surface area contributed by atoms with E-state index in [1.54, 1.807) is 0 Å². The number of aromatic nitrogens is 2. The third kappa shape index (κ3) is 4.70. The summed E-state index contributed by atoms with van der Waals surface area (Å²) in [6.07, 6.45) is 3.88. The van der Waals surface area contributed by atoms with Crippen LogP contribution in [0.5, 0.6) is 5.75 Å². The second-order valence-corrected chi connectivity index (χ2v) is 5.31. The summed E-state index contributed by atoms with van der Waals surface area (Å²) in [7, 11) is 0. The van der Waals surface area contributed by atoms with Crippen LogP contribution < -0.4 is 10.1 Å². The van der Waals surface area contributed by atoms with Crippen molar-refractivity contribution >= 4 is 0 Å². The highest BCUT2D eigenvalue weighted by Crippen LogP contribution is 2.12. The number of nitrogens with one attached hydrogen (secondary N) is 1. The van der Waals surface area contributed by atoms with Gasteiger partial charge in [0.2, 0.25) is 0 Å². The Morgan fingerprint density at radius 1 is 1.25 bits per heavy atom. The fraction of sp³-hybridized carbons (Fsp3) is 0.438. The van der Waals surface area contributed by atoms with Crippen molar-refractivity contribution in [1.29, 1.82) is 0 Å². The molecule has 0 atom stereocenters. The van der Waals surface area contributed by atoms with E-state index in [2.05, 4.69) is 36.4 Å². The molecule has 0 bridgehead atoms. The summed E-state index contributed by atoms with van der Waals surface area (Å²) in [5, 5.41) is 7.63. The Hall–Kier alpha value is -1.81. The highest BCUT2D eigenvalue weighted by Gasteiger charge is 1.98. The van der Waals surface area contributed by atoms with Gasteiger partial charge < -0.3 is 10.1 Å². The molecule has 0 radical (unpaired) electrons. The van der Waals surface area contributed by atoms with E-state index in [4.69, 9.17) is 4.74 Å². The highest BCUT2D eigenvalue weighted by atomic mass is 16.5. The molecule has 2 rings (SSSR count). The lowest BCUT2D eigenvalue weighted by atomic mass is 10.2. The summed E-state index contributed by atoms with van der Waals surface area (Å²) in [6.45, 7) is 8.62. The van der Waals surface area contributed by atoms with Crippen molar-refractivity contribution in [1.82, 2.24) is 15.1 Å². The summed E-state index contributed by atoms with van der Waals surface area (Å²) < 4.78 is 7.62. The average Bonchev–Trinajstić information content (AvgIpc) is 2.83. The van der Waals surface area contributed by atoms with Crippen LogP contribution >= 0.6 is 0 Å². The zero-order valence-corrected chi connectivity index (χ0v) is 12.5. The Morgan fingerprint density at radius 2 is 2.00 bits per heavy atom. The second-order valence-electron chi connectivity index (χ2n) is 5.31. The van der Waals surface area contributed by atoms with Gasteiger partial charge in [0.25, 0.3) is 0 Å². The summed E-state index contributed by atoms with van der Waals surface area (Å²) in [4.78, 5) is 0. The van der Waals surface area contributed by atoms with E-state index in [1.165, 1.54) is 11.1 Å². The second kappa shape index (κ2) is 7.10. The first-order valence-electron chi connectivity index (χ1n) is 7.07. The van der Waals surface area contributed by atoms with Crippen molar-refractivity contribution in [3.63, 3.8) is 0 Å². The van der Waals surface area contributed by atoms with Gasteiger partial charge in [0.05, 0.1) is 12.7 Å². The molecule has 0 unspecified atom stereocenters. The van der Waals surface area contributed by atoms with E-state index in [0.29, 0.717) is 12.6 Å². The summed E-state index contributed by atoms with van der Waals surface area (Å²) in [6, 6.07) is 8.74. The molecule has 1 aromatic heterocycles. The maximum atomic E-state index is 5.72. The summed E-state index contributed by atoms with van der Waals surface area (Å²) in [5.41, 5.74) is 2.45. The zero-order valence-electron chi connectivity index (χ0n) is 12.5. The molecule has 0 aliphatic carbocycles. The van der Waals surface area contributed by atoms with Crippen LogP contribution in [0.4, 0.5) is 0 Å². The molecule has 2 aromatic rings. The maximum Gasteiger partial charge on any atom is 0.119 e. The third-order valence-corrected chi connectivity index (χ3v) is 2.99.